The molecule has 0 radical (unpaired) electrons. The maximum atomic E-state index is 9.09. The predicted molar refractivity (Wildman–Crippen MR) is 76.8 cm³/mol. The molecule has 2 rings (SSSR count). The molecular weight excluding hydrogens is 314 g/mol. The Morgan fingerprint density at radius 2 is 2.17 bits per heavy atom. The van der Waals surface area contributed by atoms with Gasteiger partial charge in [-0.25, -0.2) is 0 Å². The lowest BCUT2D eigenvalue weighted by Crippen LogP contribution is -2.17. The summed E-state index contributed by atoms with van der Waals surface area (Å²) in [5.41, 5.74) is 6.58. The van der Waals surface area contributed by atoms with Crippen LogP contribution in [0.2, 0.25) is 0 Å². The van der Waals surface area contributed by atoms with E-state index < -0.39 is 0 Å². The van der Waals surface area contributed by atoms with E-state index >= 15 is 0 Å². The molecule has 0 aliphatic heterocycles. The van der Waals surface area contributed by atoms with Gasteiger partial charge >= 0.3 is 0 Å². The molecule has 3 N–H and O–H groups in total. The first kappa shape index (κ1) is 13.5. The van der Waals surface area contributed by atoms with Crippen LogP contribution in [-0.2, 0) is 6.61 Å². The first-order valence-corrected chi connectivity index (χ1v) is 7.15. The van der Waals surface area contributed by atoms with Crippen molar-refractivity contribution >= 4 is 27.3 Å². The second-order valence-corrected chi connectivity index (χ2v) is 6.28. The Bertz CT molecular complexity index is 515. The van der Waals surface area contributed by atoms with Gasteiger partial charge in [0, 0.05) is 11.4 Å². The molecule has 0 bridgehead atoms. The molecule has 1 aromatic heterocycles. The third-order valence-electron chi connectivity index (χ3n) is 2.48. The molecule has 1 atom stereocenters. The molecule has 1 aromatic carbocycles. The molecular formula is C13H14BrNO2S. The van der Waals surface area contributed by atoms with E-state index in [1.54, 1.807) is 11.3 Å². The van der Waals surface area contributed by atoms with Crippen molar-refractivity contribution in [2.45, 2.75) is 12.7 Å². The monoisotopic (exact) mass is 327 g/mol. The summed E-state index contributed by atoms with van der Waals surface area (Å²) in [5.74, 6) is 0.724. The van der Waals surface area contributed by atoms with Gasteiger partial charge in [-0.1, -0.05) is 12.1 Å². The number of halogens is 1. The van der Waals surface area contributed by atoms with E-state index in [0.717, 1.165) is 20.0 Å². The van der Waals surface area contributed by atoms with Gasteiger partial charge in [0.1, 0.15) is 11.9 Å². The van der Waals surface area contributed by atoms with Crippen LogP contribution in [0.15, 0.2) is 40.2 Å². The maximum Gasteiger partial charge on any atom is 0.145 e. The van der Waals surface area contributed by atoms with Crippen molar-refractivity contribution in [3.8, 4) is 5.75 Å². The minimum absolute atomic E-state index is 0.00897. The summed E-state index contributed by atoms with van der Waals surface area (Å²) in [6, 6.07) is 11.4. The molecule has 5 heteroatoms. The van der Waals surface area contributed by atoms with Crippen LogP contribution in [0.3, 0.4) is 0 Å². The van der Waals surface area contributed by atoms with Crippen LogP contribution >= 0.6 is 27.3 Å². The van der Waals surface area contributed by atoms with E-state index in [1.165, 1.54) is 0 Å². The highest BCUT2D eigenvalue weighted by Crippen LogP contribution is 2.30. The highest BCUT2D eigenvalue weighted by molar-refractivity contribution is 9.11. The molecule has 18 heavy (non-hydrogen) atoms. The molecule has 0 fully saturated rings. The van der Waals surface area contributed by atoms with E-state index in [9.17, 15) is 0 Å². The Morgan fingerprint density at radius 3 is 2.78 bits per heavy atom. The normalized spacial score (nSPS) is 12.4. The molecule has 0 saturated carbocycles. The minimum atomic E-state index is -0.157. The Hall–Kier alpha value is -0.880. The van der Waals surface area contributed by atoms with Gasteiger partial charge in [-0.15, -0.1) is 11.3 Å². The molecule has 0 saturated heterocycles. The number of hydrogen-bond donors (Lipinski definition) is 2. The van der Waals surface area contributed by atoms with Crippen LogP contribution in [-0.4, -0.2) is 11.7 Å². The minimum Gasteiger partial charge on any atom is -0.484 e. The number of aliphatic hydroxyl groups excluding tert-OH is 1. The molecule has 1 unspecified atom stereocenters. The first-order chi connectivity index (χ1) is 8.72. The van der Waals surface area contributed by atoms with Gasteiger partial charge in [0.15, 0.2) is 0 Å². The first-order valence-electron chi connectivity index (χ1n) is 5.54. The molecule has 0 spiro atoms. The molecule has 0 aliphatic rings. The van der Waals surface area contributed by atoms with Crippen LogP contribution in [0.1, 0.15) is 16.5 Å². The standard InChI is InChI=1S/C13H14BrNO2S/c14-13-5-4-12(18-13)11(7-15)17-10-3-1-2-9(6-10)8-16/h1-6,11,16H,7-8,15H2. The van der Waals surface area contributed by atoms with Crippen LogP contribution in [0, 0.1) is 0 Å². The fourth-order valence-electron chi connectivity index (χ4n) is 1.61. The number of aliphatic hydroxyl groups is 1. The van der Waals surface area contributed by atoms with Gasteiger partial charge in [-0.3, -0.25) is 0 Å². The fraction of sp³-hybridized carbons (Fsp3) is 0.231. The van der Waals surface area contributed by atoms with Crippen molar-refractivity contribution in [1.82, 2.24) is 0 Å². The summed E-state index contributed by atoms with van der Waals surface area (Å²) >= 11 is 5.04. The topological polar surface area (TPSA) is 55.5 Å². The number of rotatable bonds is 5. The van der Waals surface area contributed by atoms with Gasteiger partial charge < -0.3 is 15.6 Å². The average molecular weight is 328 g/mol. The van der Waals surface area contributed by atoms with Crippen molar-refractivity contribution in [2.24, 2.45) is 5.73 Å². The van der Waals surface area contributed by atoms with Crippen LogP contribution in [0.5, 0.6) is 5.75 Å². The molecule has 0 aliphatic carbocycles. The molecule has 2 aromatic rings. The van der Waals surface area contributed by atoms with Crippen LogP contribution in [0.4, 0.5) is 0 Å². The van der Waals surface area contributed by atoms with Crippen molar-refractivity contribution in [1.29, 1.82) is 0 Å². The number of hydrogen-bond acceptors (Lipinski definition) is 4. The fourth-order valence-corrected chi connectivity index (χ4v) is 3.07. The lowest BCUT2D eigenvalue weighted by atomic mass is 10.2. The third-order valence-corrected chi connectivity index (χ3v) is 4.20. The Kier molecular flexibility index (Phi) is 4.77. The molecule has 0 amide bonds. The Balaban J connectivity index is 2.14. The Morgan fingerprint density at radius 1 is 1.33 bits per heavy atom. The zero-order valence-corrected chi connectivity index (χ0v) is 12.1. The summed E-state index contributed by atoms with van der Waals surface area (Å²) in [7, 11) is 0. The van der Waals surface area contributed by atoms with E-state index in [4.69, 9.17) is 15.6 Å². The van der Waals surface area contributed by atoms with Crippen LogP contribution < -0.4 is 10.5 Å². The van der Waals surface area contributed by atoms with Gasteiger partial charge in [0.2, 0.25) is 0 Å². The number of nitrogens with two attached hydrogens (primary N) is 1. The lowest BCUT2D eigenvalue weighted by molar-refractivity contribution is 0.216. The summed E-state index contributed by atoms with van der Waals surface area (Å²) < 4.78 is 6.92. The highest BCUT2D eigenvalue weighted by atomic mass is 79.9. The second kappa shape index (κ2) is 6.33. The SMILES string of the molecule is NCC(Oc1cccc(CO)c1)c1ccc(Br)s1. The zero-order chi connectivity index (χ0) is 13.0. The summed E-state index contributed by atoms with van der Waals surface area (Å²) in [6.07, 6.45) is -0.157. The van der Waals surface area contributed by atoms with Gasteiger partial charge in [-0.05, 0) is 45.8 Å². The van der Waals surface area contributed by atoms with Gasteiger partial charge in [-0.2, -0.15) is 0 Å². The van der Waals surface area contributed by atoms with E-state index in [1.807, 2.05) is 36.4 Å². The second-order valence-electron chi connectivity index (χ2n) is 3.79. The van der Waals surface area contributed by atoms with E-state index in [2.05, 4.69) is 15.9 Å². The predicted octanol–water partition coefficient (Wildman–Crippen LogP) is 3.08. The van der Waals surface area contributed by atoms with Crippen molar-refractivity contribution in [3.63, 3.8) is 0 Å². The third kappa shape index (κ3) is 3.32. The molecule has 3 nitrogen and oxygen atoms in total. The van der Waals surface area contributed by atoms with Gasteiger partial charge in [0.05, 0.1) is 10.4 Å². The quantitative estimate of drug-likeness (QED) is 0.887. The van der Waals surface area contributed by atoms with Crippen LogP contribution in [0.25, 0.3) is 0 Å². The smallest absolute Gasteiger partial charge is 0.145 e. The average Bonchev–Trinajstić information content (AvgIpc) is 2.82. The van der Waals surface area contributed by atoms with E-state index in [0.29, 0.717) is 6.54 Å². The summed E-state index contributed by atoms with van der Waals surface area (Å²) in [4.78, 5) is 1.08. The summed E-state index contributed by atoms with van der Waals surface area (Å²) in [5, 5.41) is 9.09. The lowest BCUT2D eigenvalue weighted by Gasteiger charge is -2.16. The van der Waals surface area contributed by atoms with Crippen molar-refractivity contribution < 1.29 is 9.84 Å². The van der Waals surface area contributed by atoms with Gasteiger partial charge in [0.25, 0.3) is 0 Å². The van der Waals surface area contributed by atoms with Crippen molar-refractivity contribution in [2.75, 3.05) is 6.54 Å². The maximum absolute atomic E-state index is 9.09. The highest BCUT2D eigenvalue weighted by Gasteiger charge is 2.14. The number of ether oxygens (including phenoxy) is 1. The van der Waals surface area contributed by atoms with E-state index in [-0.39, 0.29) is 12.7 Å². The Labute approximate surface area is 118 Å². The summed E-state index contributed by atoms with van der Waals surface area (Å²) in [6.45, 7) is 0.422. The zero-order valence-electron chi connectivity index (χ0n) is 9.67. The molecule has 1 heterocycles. The number of thiophene rings is 1. The molecule has 96 valence electrons. The van der Waals surface area contributed by atoms with Crippen molar-refractivity contribution in [3.05, 3.63) is 50.6 Å². The largest absolute Gasteiger partial charge is 0.484 e. The number of benzene rings is 1.